The number of phenolic OH excluding ortho intramolecular Hbond substituents is 1. The van der Waals surface area contributed by atoms with E-state index in [1.807, 2.05) is 0 Å². The summed E-state index contributed by atoms with van der Waals surface area (Å²) in [4.78, 5) is 11.8. The van der Waals surface area contributed by atoms with Gasteiger partial charge in [-0.2, -0.15) is 0 Å². The lowest BCUT2D eigenvalue weighted by Gasteiger charge is -2.28. The van der Waals surface area contributed by atoms with E-state index in [2.05, 4.69) is 0 Å². The number of benzene rings is 1. The standard InChI is InChI=1S/C14H20O5/c1-5-19-13(17)14(2,3)12(16)9-6-7-11(18-4)10(15)8-9/h6-8,12,15-16H,5H2,1-4H3. The zero-order valence-electron chi connectivity index (χ0n) is 11.6. The average molecular weight is 268 g/mol. The Bertz CT molecular complexity index is 453. The predicted molar refractivity (Wildman–Crippen MR) is 70.0 cm³/mol. The number of hydrogen-bond acceptors (Lipinski definition) is 5. The first kappa shape index (κ1) is 15.3. The molecule has 0 fully saturated rings. The Morgan fingerprint density at radius 3 is 2.53 bits per heavy atom. The fraction of sp³-hybridized carbons (Fsp3) is 0.500. The molecular formula is C14H20O5. The molecule has 0 aliphatic rings. The molecule has 1 unspecified atom stereocenters. The van der Waals surface area contributed by atoms with Crippen LogP contribution in [-0.4, -0.2) is 29.9 Å². The molecule has 1 aromatic carbocycles. The fourth-order valence-electron chi connectivity index (χ4n) is 1.72. The number of aromatic hydroxyl groups is 1. The molecule has 0 saturated heterocycles. The van der Waals surface area contributed by atoms with Crippen LogP contribution in [0.15, 0.2) is 18.2 Å². The lowest BCUT2D eigenvalue weighted by atomic mass is 9.82. The van der Waals surface area contributed by atoms with Gasteiger partial charge in [0, 0.05) is 0 Å². The largest absolute Gasteiger partial charge is 0.504 e. The van der Waals surface area contributed by atoms with E-state index in [0.717, 1.165) is 0 Å². The highest BCUT2D eigenvalue weighted by Crippen LogP contribution is 2.37. The number of carbonyl (C=O) groups excluding carboxylic acids is 1. The lowest BCUT2D eigenvalue weighted by Crippen LogP contribution is -2.33. The van der Waals surface area contributed by atoms with Gasteiger partial charge in [0.15, 0.2) is 11.5 Å². The Balaban J connectivity index is 3.02. The molecule has 0 aliphatic carbocycles. The van der Waals surface area contributed by atoms with Gasteiger partial charge in [-0.05, 0) is 38.5 Å². The average Bonchev–Trinajstić information content (AvgIpc) is 2.37. The second-order valence-electron chi connectivity index (χ2n) is 4.78. The van der Waals surface area contributed by atoms with Crippen LogP contribution in [0.2, 0.25) is 0 Å². The molecule has 0 aromatic heterocycles. The van der Waals surface area contributed by atoms with E-state index in [1.165, 1.54) is 19.2 Å². The van der Waals surface area contributed by atoms with Crippen LogP contribution in [0.25, 0.3) is 0 Å². The molecule has 0 spiro atoms. The number of carbonyl (C=O) groups is 1. The summed E-state index contributed by atoms with van der Waals surface area (Å²) in [5.74, 6) is -0.263. The summed E-state index contributed by atoms with van der Waals surface area (Å²) in [5, 5.41) is 20.0. The van der Waals surface area contributed by atoms with Gasteiger partial charge >= 0.3 is 5.97 Å². The molecule has 0 saturated carbocycles. The highest BCUT2D eigenvalue weighted by molar-refractivity contribution is 5.77. The van der Waals surface area contributed by atoms with Crippen molar-refractivity contribution >= 4 is 5.97 Å². The summed E-state index contributed by atoms with van der Waals surface area (Å²) in [6.07, 6.45) is -1.08. The number of esters is 1. The van der Waals surface area contributed by atoms with Crippen LogP contribution in [0.4, 0.5) is 0 Å². The van der Waals surface area contributed by atoms with Crippen LogP contribution >= 0.6 is 0 Å². The predicted octanol–water partition coefficient (Wildman–Crippen LogP) is 2.02. The maximum atomic E-state index is 11.8. The van der Waals surface area contributed by atoms with Crippen LogP contribution in [-0.2, 0) is 9.53 Å². The van der Waals surface area contributed by atoms with Crippen molar-refractivity contribution in [2.75, 3.05) is 13.7 Å². The molecule has 1 atom stereocenters. The molecule has 1 rings (SSSR count). The Kier molecular flexibility index (Phi) is 4.78. The molecular weight excluding hydrogens is 248 g/mol. The second kappa shape index (κ2) is 5.93. The minimum absolute atomic E-state index is 0.0845. The van der Waals surface area contributed by atoms with Crippen molar-refractivity contribution in [1.82, 2.24) is 0 Å². The van der Waals surface area contributed by atoms with Crippen LogP contribution in [0.5, 0.6) is 11.5 Å². The van der Waals surface area contributed by atoms with Gasteiger partial charge in [-0.15, -0.1) is 0 Å². The highest BCUT2D eigenvalue weighted by Gasteiger charge is 2.38. The smallest absolute Gasteiger partial charge is 0.314 e. The fourth-order valence-corrected chi connectivity index (χ4v) is 1.72. The van der Waals surface area contributed by atoms with Crippen LogP contribution in [0.3, 0.4) is 0 Å². The van der Waals surface area contributed by atoms with Gasteiger partial charge in [0.05, 0.1) is 25.2 Å². The Morgan fingerprint density at radius 1 is 1.42 bits per heavy atom. The summed E-state index contributed by atoms with van der Waals surface area (Å²) in [5.41, 5.74) is -0.673. The quantitative estimate of drug-likeness (QED) is 0.799. The number of hydrogen-bond donors (Lipinski definition) is 2. The van der Waals surface area contributed by atoms with E-state index in [0.29, 0.717) is 11.3 Å². The van der Waals surface area contributed by atoms with Gasteiger partial charge in [-0.1, -0.05) is 6.07 Å². The van der Waals surface area contributed by atoms with Crippen LogP contribution in [0.1, 0.15) is 32.4 Å². The second-order valence-corrected chi connectivity index (χ2v) is 4.78. The minimum atomic E-state index is -1.10. The van der Waals surface area contributed by atoms with Crippen molar-refractivity contribution in [2.24, 2.45) is 5.41 Å². The van der Waals surface area contributed by atoms with Gasteiger partial charge in [-0.3, -0.25) is 4.79 Å². The number of ether oxygens (including phenoxy) is 2. The molecule has 0 amide bonds. The third-order valence-corrected chi connectivity index (χ3v) is 3.00. The molecule has 5 nitrogen and oxygen atoms in total. The Morgan fingerprint density at radius 2 is 2.05 bits per heavy atom. The van der Waals surface area contributed by atoms with Gasteiger partial charge in [0.25, 0.3) is 0 Å². The third kappa shape index (κ3) is 3.17. The zero-order valence-corrected chi connectivity index (χ0v) is 11.6. The number of aliphatic hydroxyl groups excluding tert-OH is 1. The van der Waals surface area contributed by atoms with E-state index in [9.17, 15) is 15.0 Å². The highest BCUT2D eigenvalue weighted by atomic mass is 16.5. The van der Waals surface area contributed by atoms with Gasteiger partial charge < -0.3 is 19.7 Å². The number of rotatable bonds is 5. The van der Waals surface area contributed by atoms with Gasteiger partial charge in [0.1, 0.15) is 0 Å². The number of aliphatic hydroxyl groups is 1. The summed E-state index contributed by atoms with van der Waals surface area (Å²) in [6, 6.07) is 4.52. The first-order valence-electron chi connectivity index (χ1n) is 6.06. The summed E-state index contributed by atoms with van der Waals surface area (Å²) in [7, 11) is 1.44. The summed E-state index contributed by atoms with van der Waals surface area (Å²) in [6.45, 7) is 5.15. The third-order valence-electron chi connectivity index (χ3n) is 3.00. The normalized spacial score (nSPS) is 12.9. The van der Waals surface area contributed by atoms with E-state index in [1.54, 1.807) is 26.8 Å². The Labute approximate surface area is 112 Å². The first-order valence-corrected chi connectivity index (χ1v) is 6.06. The SMILES string of the molecule is CCOC(=O)C(C)(C)C(O)c1ccc(OC)c(O)c1. The molecule has 0 radical (unpaired) electrons. The topological polar surface area (TPSA) is 76.0 Å². The molecule has 106 valence electrons. The van der Waals surface area contributed by atoms with E-state index >= 15 is 0 Å². The van der Waals surface area contributed by atoms with Crippen LogP contribution < -0.4 is 4.74 Å². The molecule has 5 heteroatoms. The molecule has 1 aromatic rings. The van der Waals surface area contributed by atoms with Crippen molar-refractivity contribution in [2.45, 2.75) is 26.9 Å². The van der Waals surface area contributed by atoms with Crippen molar-refractivity contribution in [3.05, 3.63) is 23.8 Å². The van der Waals surface area contributed by atoms with Crippen molar-refractivity contribution < 1.29 is 24.5 Å². The summed E-state index contributed by atoms with van der Waals surface area (Å²) >= 11 is 0. The van der Waals surface area contributed by atoms with Crippen molar-refractivity contribution in [3.63, 3.8) is 0 Å². The van der Waals surface area contributed by atoms with E-state index in [-0.39, 0.29) is 12.4 Å². The van der Waals surface area contributed by atoms with Crippen LogP contribution in [0, 0.1) is 5.41 Å². The minimum Gasteiger partial charge on any atom is -0.504 e. The van der Waals surface area contributed by atoms with Crippen molar-refractivity contribution in [1.29, 1.82) is 0 Å². The monoisotopic (exact) mass is 268 g/mol. The van der Waals surface area contributed by atoms with Gasteiger partial charge in [-0.25, -0.2) is 0 Å². The number of phenols is 1. The van der Waals surface area contributed by atoms with Gasteiger partial charge in [0.2, 0.25) is 0 Å². The maximum absolute atomic E-state index is 11.8. The molecule has 0 heterocycles. The van der Waals surface area contributed by atoms with E-state index in [4.69, 9.17) is 9.47 Å². The molecule has 0 aliphatic heterocycles. The number of methoxy groups -OCH3 is 1. The maximum Gasteiger partial charge on any atom is 0.314 e. The molecule has 2 N–H and O–H groups in total. The first-order chi connectivity index (χ1) is 8.84. The summed E-state index contributed by atoms with van der Waals surface area (Å²) < 4.78 is 9.87. The lowest BCUT2D eigenvalue weighted by molar-refractivity contribution is -0.160. The van der Waals surface area contributed by atoms with E-state index < -0.39 is 17.5 Å². The Hall–Kier alpha value is -1.75. The zero-order chi connectivity index (χ0) is 14.6. The molecule has 19 heavy (non-hydrogen) atoms. The van der Waals surface area contributed by atoms with Crippen molar-refractivity contribution in [3.8, 4) is 11.5 Å². The molecule has 0 bridgehead atoms.